The van der Waals surface area contributed by atoms with Crippen LogP contribution in [0.1, 0.15) is 51.3 Å². The molecule has 0 aliphatic carbocycles. The van der Waals surface area contributed by atoms with Crippen molar-refractivity contribution in [2.24, 2.45) is 0 Å². The molecule has 4 nitrogen and oxygen atoms in total. The zero-order chi connectivity index (χ0) is 20.4. The van der Waals surface area contributed by atoms with Crippen LogP contribution in [0.4, 0.5) is 0 Å². The molecular formula is C21H24Br2O4. The molecule has 0 unspecified atom stereocenters. The first-order valence-corrected chi connectivity index (χ1v) is 10.5. The average Bonchev–Trinajstić information content (AvgIpc) is 2.65. The molecule has 6 heteroatoms. The Morgan fingerprint density at radius 3 is 2.04 bits per heavy atom. The number of carbonyl (C=O) groups is 2. The fourth-order valence-electron chi connectivity index (χ4n) is 2.19. The van der Waals surface area contributed by atoms with Crippen LogP contribution < -0.4 is 0 Å². The van der Waals surface area contributed by atoms with Crippen LogP contribution >= 0.6 is 31.9 Å². The van der Waals surface area contributed by atoms with Gasteiger partial charge in [-0.15, -0.1) is 0 Å². The highest BCUT2D eigenvalue weighted by Crippen LogP contribution is 2.19. The summed E-state index contributed by atoms with van der Waals surface area (Å²) in [5.41, 5.74) is 4.32. The Morgan fingerprint density at radius 2 is 1.48 bits per heavy atom. The molecule has 0 radical (unpaired) electrons. The number of hydrogen-bond acceptors (Lipinski definition) is 4. The molecule has 2 aromatic rings. The largest absolute Gasteiger partial charge is 0.462 e. The number of benzene rings is 2. The third-order valence-corrected chi connectivity index (χ3v) is 4.91. The first kappa shape index (κ1) is 23.4. The molecule has 0 heterocycles. The zero-order valence-corrected chi connectivity index (χ0v) is 19.1. The van der Waals surface area contributed by atoms with E-state index in [0.29, 0.717) is 24.3 Å². The molecule has 27 heavy (non-hydrogen) atoms. The van der Waals surface area contributed by atoms with Gasteiger partial charge in [0.05, 0.1) is 24.3 Å². The highest BCUT2D eigenvalue weighted by Gasteiger charge is 2.11. The Bertz CT molecular complexity index is 788. The molecule has 0 bridgehead atoms. The normalized spacial score (nSPS) is 9.85. The first-order chi connectivity index (χ1) is 12.8. The molecule has 0 atom stereocenters. The highest BCUT2D eigenvalue weighted by molar-refractivity contribution is 9.10. The molecule has 0 aromatic heterocycles. The quantitative estimate of drug-likeness (QED) is 0.374. The van der Waals surface area contributed by atoms with E-state index < -0.39 is 0 Å². The van der Waals surface area contributed by atoms with E-state index in [9.17, 15) is 9.59 Å². The van der Waals surface area contributed by atoms with Crippen molar-refractivity contribution in [2.45, 2.75) is 33.0 Å². The standard InChI is InChI=1S/C11H13BrO2.C10H11BrO2/c1-3-14-11(13)10-6-9(7-12)5-4-8(10)2;1-3-13-10(12)8-6-7(2)4-5-9(8)11/h4-6H,3,7H2,1-2H3;4-6H,3H2,1-2H3. The Labute approximate surface area is 177 Å². The van der Waals surface area contributed by atoms with Crippen LogP contribution in [-0.2, 0) is 14.8 Å². The van der Waals surface area contributed by atoms with Crippen molar-refractivity contribution in [2.75, 3.05) is 13.2 Å². The van der Waals surface area contributed by atoms with Crippen LogP contribution in [0.2, 0.25) is 0 Å². The number of halogens is 2. The lowest BCUT2D eigenvalue weighted by Gasteiger charge is -2.06. The Hall–Kier alpha value is -1.66. The summed E-state index contributed by atoms with van der Waals surface area (Å²) in [5, 5.41) is 0.750. The number of rotatable bonds is 5. The second-order valence-corrected chi connectivity index (χ2v) is 7.12. The lowest BCUT2D eigenvalue weighted by atomic mass is 10.1. The predicted molar refractivity (Wildman–Crippen MR) is 115 cm³/mol. The number of esters is 2. The van der Waals surface area contributed by atoms with Gasteiger partial charge in [-0.2, -0.15) is 0 Å². The van der Waals surface area contributed by atoms with E-state index in [1.54, 1.807) is 6.92 Å². The smallest absolute Gasteiger partial charge is 0.339 e. The van der Waals surface area contributed by atoms with Crippen LogP contribution in [0.5, 0.6) is 0 Å². The van der Waals surface area contributed by atoms with Gasteiger partial charge < -0.3 is 9.47 Å². The third kappa shape index (κ3) is 7.46. The van der Waals surface area contributed by atoms with E-state index >= 15 is 0 Å². The minimum atomic E-state index is -0.280. The summed E-state index contributed by atoms with van der Waals surface area (Å²) in [5.74, 6) is -0.522. The van der Waals surface area contributed by atoms with E-state index in [1.807, 2.05) is 57.2 Å². The van der Waals surface area contributed by atoms with Gasteiger partial charge in [-0.3, -0.25) is 0 Å². The van der Waals surface area contributed by atoms with Gasteiger partial charge in [0.2, 0.25) is 0 Å². The van der Waals surface area contributed by atoms with Gasteiger partial charge in [-0.25, -0.2) is 9.59 Å². The Balaban J connectivity index is 0.000000271. The Kier molecular flexibility index (Phi) is 10.3. The van der Waals surface area contributed by atoms with E-state index in [2.05, 4.69) is 31.9 Å². The second-order valence-electron chi connectivity index (χ2n) is 5.71. The van der Waals surface area contributed by atoms with Gasteiger partial charge in [-0.05, 0) is 73.0 Å². The van der Waals surface area contributed by atoms with E-state index in [4.69, 9.17) is 9.47 Å². The van der Waals surface area contributed by atoms with Gasteiger partial charge in [0.25, 0.3) is 0 Å². The van der Waals surface area contributed by atoms with Gasteiger partial charge in [0.1, 0.15) is 0 Å². The van der Waals surface area contributed by atoms with Crippen LogP contribution in [-0.4, -0.2) is 25.2 Å². The maximum atomic E-state index is 11.5. The summed E-state index contributed by atoms with van der Waals surface area (Å²) in [4.78, 5) is 22.9. The molecule has 0 saturated carbocycles. The maximum absolute atomic E-state index is 11.5. The summed E-state index contributed by atoms with van der Waals surface area (Å²) in [6.07, 6.45) is 0. The minimum absolute atomic E-state index is 0.243. The fourth-order valence-corrected chi connectivity index (χ4v) is 2.94. The van der Waals surface area contributed by atoms with Crippen molar-refractivity contribution in [1.29, 1.82) is 0 Å². The average molecular weight is 500 g/mol. The lowest BCUT2D eigenvalue weighted by Crippen LogP contribution is -2.07. The van der Waals surface area contributed by atoms with Crippen LogP contribution in [0.3, 0.4) is 0 Å². The number of hydrogen-bond donors (Lipinski definition) is 0. The summed E-state index contributed by atoms with van der Waals surface area (Å²) in [7, 11) is 0. The first-order valence-electron chi connectivity index (χ1n) is 8.59. The molecular weight excluding hydrogens is 476 g/mol. The summed E-state index contributed by atoms with van der Waals surface area (Å²) in [6.45, 7) is 8.26. The van der Waals surface area contributed by atoms with Crippen molar-refractivity contribution >= 4 is 43.8 Å². The van der Waals surface area contributed by atoms with Gasteiger partial charge in [0.15, 0.2) is 0 Å². The Morgan fingerprint density at radius 1 is 0.889 bits per heavy atom. The maximum Gasteiger partial charge on any atom is 0.339 e. The molecule has 0 spiro atoms. The van der Waals surface area contributed by atoms with Crippen LogP contribution in [0, 0.1) is 13.8 Å². The molecule has 0 amide bonds. The molecule has 0 aliphatic rings. The molecule has 2 aromatic carbocycles. The lowest BCUT2D eigenvalue weighted by molar-refractivity contribution is 0.0515. The number of alkyl halides is 1. The zero-order valence-electron chi connectivity index (χ0n) is 16.0. The molecule has 146 valence electrons. The predicted octanol–water partition coefficient (Wildman–Crippen LogP) is 6.00. The van der Waals surface area contributed by atoms with Gasteiger partial charge in [0, 0.05) is 9.80 Å². The summed E-state index contributed by atoms with van der Waals surface area (Å²) >= 11 is 6.65. The summed E-state index contributed by atoms with van der Waals surface area (Å²) < 4.78 is 10.6. The molecule has 0 saturated heterocycles. The van der Waals surface area contributed by atoms with Crippen molar-refractivity contribution in [1.82, 2.24) is 0 Å². The monoisotopic (exact) mass is 498 g/mol. The number of ether oxygens (including phenoxy) is 2. The van der Waals surface area contributed by atoms with Crippen molar-refractivity contribution in [3.8, 4) is 0 Å². The third-order valence-electron chi connectivity index (χ3n) is 3.57. The number of carbonyl (C=O) groups excluding carboxylic acids is 2. The van der Waals surface area contributed by atoms with Gasteiger partial charge >= 0.3 is 11.9 Å². The number of aryl methyl sites for hydroxylation is 2. The molecule has 0 N–H and O–H groups in total. The van der Waals surface area contributed by atoms with Gasteiger partial charge in [-0.1, -0.05) is 39.7 Å². The van der Waals surface area contributed by atoms with Crippen molar-refractivity contribution < 1.29 is 19.1 Å². The fraction of sp³-hybridized carbons (Fsp3) is 0.333. The second kappa shape index (κ2) is 11.9. The van der Waals surface area contributed by atoms with E-state index in [0.717, 1.165) is 26.5 Å². The van der Waals surface area contributed by atoms with Crippen LogP contribution in [0.15, 0.2) is 40.9 Å². The van der Waals surface area contributed by atoms with E-state index in [-0.39, 0.29) is 11.9 Å². The highest BCUT2D eigenvalue weighted by atomic mass is 79.9. The molecule has 0 fully saturated rings. The van der Waals surface area contributed by atoms with Crippen molar-refractivity contribution in [3.63, 3.8) is 0 Å². The van der Waals surface area contributed by atoms with Crippen molar-refractivity contribution in [3.05, 3.63) is 68.7 Å². The summed E-state index contributed by atoms with van der Waals surface area (Å²) in [6, 6.07) is 11.4. The SMILES string of the molecule is CCOC(=O)c1cc(C)ccc1Br.CCOC(=O)c1cc(CBr)ccc1C. The minimum Gasteiger partial charge on any atom is -0.462 e. The van der Waals surface area contributed by atoms with E-state index in [1.165, 1.54) is 0 Å². The topological polar surface area (TPSA) is 52.6 Å². The molecule has 0 aliphatic heterocycles. The van der Waals surface area contributed by atoms with Crippen LogP contribution in [0.25, 0.3) is 0 Å². The molecule has 2 rings (SSSR count).